The van der Waals surface area contributed by atoms with Gasteiger partial charge in [-0.3, -0.25) is 9.59 Å². The van der Waals surface area contributed by atoms with Gasteiger partial charge in [-0.25, -0.2) is 9.59 Å². The van der Waals surface area contributed by atoms with E-state index in [1.807, 2.05) is 0 Å². The average Bonchev–Trinajstić information content (AvgIpc) is 2.71. The number of carbonyl (C=O) groups excluding carboxylic acids is 4. The Morgan fingerprint density at radius 1 is 1.10 bits per heavy atom. The first-order valence-electron chi connectivity index (χ1n) is 8.92. The summed E-state index contributed by atoms with van der Waals surface area (Å²) in [7, 11) is 1.28. The lowest BCUT2D eigenvalue weighted by molar-refractivity contribution is -0.342. The number of esters is 1. The standard InChI is InChI=1S/C21H18N4O5/c1-12-9-10-14(11-16(12)30-13(2)26)19(27)23-17-18(22)25(15-7-5-4-6-8-15)21(29)24(3)20(17)28/h4-11,22H,1-3H3/p+1. The number of amides is 4. The van der Waals surface area contributed by atoms with Crippen molar-refractivity contribution in [3.63, 3.8) is 0 Å². The molecule has 0 radical (unpaired) electrons. The van der Waals surface area contributed by atoms with Crippen LogP contribution in [0.2, 0.25) is 0 Å². The van der Waals surface area contributed by atoms with Gasteiger partial charge in [0.15, 0.2) is 0 Å². The molecule has 2 aromatic rings. The van der Waals surface area contributed by atoms with Gasteiger partial charge in [-0.1, -0.05) is 24.3 Å². The number of aliphatic imine (C=N–C) groups is 1. The molecule has 9 heteroatoms. The Kier molecular flexibility index (Phi) is 5.54. The van der Waals surface area contributed by atoms with Gasteiger partial charge in [0, 0.05) is 12.5 Å². The summed E-state index contributed by atoms with van der Waals surface area (Å²) in [5, 5.41) is 0. The molecule has 0 spiro atoms. The number of hydrogen-bond acceptors (Lipinski definition) is 6. The zero-order valence-corrected chi connectivity index (χ0v) is 16.6. The molecule has 4 amide bonds. The summed E-state index contributed by atoms with van der Waals surface area (Å²) in [5.41, 5.74) is 6.87. The second-order valence-electron chi connectivity index (χ2n) is 6.54. The van der Waals surface area contributed by atoms with E-state index in [1.54, 1.807) is 43.3 Å². The third-order valence-corrected chi connectivity index (χ3v) is 4.39. The van der Waals surface area contributed by atoms with Crippen LogP contribution in [0, 0.1) is 6.92 Å². The van der Waals surface area contributed by atoms with E-state index in [9.17, 15) is 19.2 Å². The predicted molar refractivity (Wildman–Crippen MR) is 108 cm³/mol. The van der Waals surface area contributed by atoms with Crippen LogP contribution in [0.3, 0.4) is 0 Å². The summed E-state index contributed by atoms with van der Waals surface area (Å²) >= 11 is 0. The number of para-hydroxylation sites is 1. The van der Waals surface area contributed by atoms with Crippen LogP contribution < -0.4 is 10.5 Å². The van der Waals surface area contributed by atoms with E-state index in [2.05, 4.69) is 4.99 Å². The summed E-state index contributed by atoms with van der Waals surface area (Å²) in [4.78, 5) is 53.8. The number of imide groups is 1. The molecule has 2 aromatic carbocycles. The van der Waals surface area contributed by atoms with Crippen LogP contribution >= 0.6 is 0 Å². The average molecular weight is 407 g/mol. The van der Waals surface area contributed by atoms with E-state index in [-0.39, 0.29) is 22.9 Å². The Bertz CT molecular complexity index is 1140. The Morgan fingerprint density at radius 3 is 2.40 bits per heavy atom. The molecule has 1 heterocycles. The molecule has 0 saturated heterocycles. The second kappa shape index (κ2) is 8.08. The van der Waals surface area contributed by atoms with Crippen LogP contribution in [0.25, 0.3) is 0 Å². The van der Waals surface area contributed by atoms with Gasteiger partial charge in [0.05, 0.1) is 7.05 Å². The third-order valence-electron chi connectivity index (χ3n) is 4.39. The summed E-state index contributed by atoms with van der Waals surface area (Å²) < 4.78 is 6.18. The summed E-state index contributed by atoms with van der Waals surface area (Å²) in [6.45, 7) is 2.96. The lowest BCUT2D eigenvalue weighted by Gasteiger charge is -2.20. The van der Waals surface area contributed by atoms with Crippen molar-refractivity contribution in [1.29, 1.82) is 0 Å². The number of hydrogen-bond donors (Lipinski definition) is 1. The van der Waals surface area contributed by atoms with Gasteiger partial charge in [-0.15, -0.1) is 0 Å². The van der Waals surface area contributed by atoms with E-state index in [0.717, 1.165) is 9.48 Å². The number of urea groups is 1. The van der Waals surface area contributed by atoms with Gasteiger partial charge >= 0.3 is 17.9 Å². The lowest BCUT2D eigenvalue weighted by Crippen LogP contribution is -2.55. The van der Waals surface area contributed by atoms with E-state index in [1.165, 1.54) is 26.1 Å². The fourth-order valence-corrected chi connectivity index (χ4v) is 2.81. The van der Waals surface area contributed by atoms with E-state index >= 15 is 0 Å². The van der Waals surface area contributed by atoms with Crippen molar-refractivity contribution in [2.45, 2.75) is 13.8 Å². The monoisotopic (exact) mass is 407 g/mol. The Hall–Kier alpha value is -4.14. The SMILES string of the molecule is CC(=O)Oc1cc(C(=O)N=C2C(=O)N(C)C(=O)[N+](c3ccccc3)=C2N)ccc1C. The fourth-order valence-electron chi connectivity index (χ4n) is 2.81. The van der Waals surface area contributed by atoms with Gasteiger partial charge in [-0.2, -0.15) is 14.5 Å². The maximum Gasteiger partial charge on any atom is 0.451 e. The topological polar surface area (TPSA) is 122 Å². The first-order valence-corrected chi connectivity index (χ1v) is 8.92. The van der Waals surface area contributed by atoms with Crippen molar-refractivity contribution >= 4 is 41.0 Å². The first-order chi connectivity index (χ1) is 14.2. The van der Waals surface area contributed by atoms with Gasteiger partial charge in [0.1, 0.15) is 11.4 Å². The van der Waals surface area contributed by atoms with Gasteiger partial charge in [0.2, 0.25) is 5.71 Å². The Labute approximate surface area is 172 Å². The van der Waals surface area contributed by atoms with Crippen LogP contribution in [0.15, 0.2) is 53.5 Å². The zero-order valence-electron chi connectivity index (χ0n) is 16.6. The Balaban J connectivity index is 2.08. The highest BCUT2D eigenvalue weighted by atomic mass is 16.5. The Morgan fingerprint density at radius 2 is 1.77 bits per heavy atom. The molecule has 1 aliphatic heterocycles. The third kappa shape index (κ3) is 3.86. The molecular formula is C21H19N4O5+. The van der Waals surface area contributed by atoms with Gasteiger partial charge < -0.3 is 10.5 Å². The van der Waals surface area contributed by atoms with Crippen LogP contribution in [0.4, 0.5) is 10.5 Å². The number of nitrogens with zero attached hydrogens (tertiary/aromatic N) is 3. The normalized spacial score (nSPS) is 15.6. The second-order valence-corrected chi connectivity index (χ2v) is 6.54. The van der Waals surface area contributed by atoms with Crippen LogP contribution in [-0.4, -0.2) is 51.9 Å². The van der Waals surface area contributed by atoms with Crippen LogP contribution in [0.1, 0.15) is 22.8 Å². The number of carbonyl (C=O) groups is 4. The fraction of sp³-hybridized carbons (Fsp3) is 0.143. The smallest absolute Gasteiger partial charge is 0.426 e. The molecular weight excluding hydrogens is 388 g/mol. The molecule has 0 atom stereocenters. The van der Waals surface area contributed by atoms with Crippen LogP contribution in [-0.2, 0) is 9.59 Å². The molecule has 30 heavy (non-hydrogen) atoms. The highest BCUT2D eigenvalue weighted by Gasteiger charge is 2.42. The van der Waals surface area contributed by atoms with Crippen molar-refractivity contribution in [2.24, 2.45) is 10.7 Å². The summed E-state index contributed by atoms with van der Waals surface area (Å²) in [6.07, 6.45) is 0. The molecule has 0 fully saturated rings. The molecule has 0 aliphatic carbocycles. The van der Waals surface area contributed by atoms with Crippen molar-refractivity contribution in [3.05, 3.63) is 59.7 Å². The van der Waals surface area contributed by atoms with Gasteiger partial charge in [-0.05, 0) is 36.8 Å². The predicted octanol–water partition coefficient (Wildman–Crippen LogP) is 1.79. The summed E-state index contributed by atoms with van der Waals surface area (Å²) in [6, 6.07) is 12.2. The highest BCUT2D eigenvalue weighted by molar-refractivity contribution is 6.68. The molecule has 0 unspecified atom stereocenters. The number of ether oxygens (including phenoxy) is 1. The van der Waals surface area contributed by atoms with Crippen molar-refractivity contribution in [1.82, 2.24) is 4.90 Å². The minimum absolute atomic E-state index is 0.0933. The number of aryl methyl sites for hydroxylation is 1. The molecule has 152 valence electrons. The minimum Gasteiger partial charge on any atom is -0.426 e. The van der Waals surface area contributed by atoms with Crippen molar-refractivity contribution < 1.29 is 28.5 Å². The van der Waals surface area contributed by atoms with E-state index < -0.39 is 23.8 Å². The molecule has 9 nitrogen and oxygen atoms in total. The maximum atomic E-state index is 12.7. The zero-order chi connectivity index (χ0) is 22.0. The van der Waals surface area contributed by atoms with Gasteiger partial charge in [0.25, 0.3) is 11.7 Å². The molecule has 0 bridgehead atoms. The quantitative estimate of drug-likeness (QED) is 0.470. The first kappa shape index (κ1) is 20.6. The summed E-state index contributed by atoms with van der Waals surface area (Å²) in [5.74, 6) is -2.16. The minimum atomic E-state index is -0.801. The van der Waals surface area contributed by atoms with Crippen LogP contribution in [0.5, 0.6) is 5.75 Å². The molecule has 1 aliphatic rings. The molecule has 0 aromatic heterocycles. The highest BCUT2D eigenvalue weighted by Crippen LogP contribution is 2.21. The van der Waals surface area contributed by atoms with E-state index in [0.29, 0.717) is 11.3 Å². The van der Waals surface area contributed by atoms with Crippen molar-refractivity contribution in [3.8, 4) is 5.75 Å². The number of nitrogens with two attached hydrogens (primary N) is 1. The molecule has 2 N–H and O–H groups in total. The lowest BCUT2D eigenvalue weighted by atomic mass is 10.1. The van der Waals surface area contributed by atoms with Crippen molar-refractivity contribution in [2.75, 3.05) is 7.05 Å². The molecule has 0 saturated carbocycles. The number of benzene rings is 2. The number of rotatable bonds is 3. The molecule has 3 rings (SSSR count). The largest absolute Gasteiger partial charge is 0.451 e. The maximum absolute atomic E-state index is 12.7. The van der Waals surface area contributed by atoms with E-state index in [4.69, 9.17) is 10.5 Å². The number of amidine groups is 1.